The summed E-state index contributed by atoms with van der Waals surface area (Å²) in [7, 11) is 0. The molecule has 124 valence electrons. The van der Waals surface area contributed by atoms with Crippen LogP contribution in [0.1, 0.15) is 56.9 Å². The third-order valence-electron chi connectivity index (χ3n) is 6.41. The lowest BCUT2D eigenvalue weighted by Crippen LogP contribution is -2.32. The van der Waals surface area contributed by atoms with E-state index in [9.17, 15) is 10.2 Å². The molecule has 23 heavy (non-hydrogen) atoms. The molecule has 0 aromatic carbocycles. The molecule has 2 N–H and O–H groups in total. The molecule has 2 fully saturated rings. The third kappa shape index (κ3) is 2.29. The Labute approximate surface area is 137 Å². The van der Waals surface area contributed by atoms with Crippen molar-refractivity contribution < 1.29 is 10.2 Å². The number of aliphatic hydroxyl groups is 1. The fourth-order valence-corrected chi connectivity index (χ4v) is 4.16. The average molecular weight is 315 g/mol. The van der Waals surface area contributed by atoms with Gasteiger partial charge < -0.3 is 10.2 Å². The van der Waals surface area contributed by atoms with Crippen LogP contribution in [-0.4, -0.2) is 27.1 Å². The summed E-state index contributed by atoms with van der Waals surface area (Å²) in [5.41, 5.74) is 3.11. The largest absolute Gasteiger partial charge is 0.505 e. The molecule has 1 aromatic heterocycles. The summed E-state index contributed by atoms with van der Waals surface area (Å²) in [6, 6.07) is 0. The number of aryl methyl sites for hydroxylation is 1. The fraction of sp³-hybridized carbons (Fsp3) is 0.611. The van der Waals surface area contributed by atoms with E-state index in [4.69, 9.17) is 0 Å². The molecule has 0 spiro atoms. The number of aromatic nitrogens is 1. The highest BCUT2D eigenvalue weighted by molar-refractivity contribution is 5.95. The second kappa shape index (κ2) is 5.41. The summed E-state index contributed by atoms with van der Waals surface area (Å²) in [6.45, 7) is 8.49. The SMILES string of the molecule is Cc1ncc(CO)c(C=NN=C2C[C@H]3CC[C@@]2(C)C3(C)C)c1O. The van der Waals surface area contributed by atoms with Gasteiger partial charge in [0.1, 0.15) is 5.75 Å². The van der Waals surface area contributed by atoms with E-state index in [0.29, 0.717) is 22.7 Å². The lowest BCUT2D eigenvalue weighted by atomic mass is 9.70. The molecule has 0 amide bonds. The Morgan fingerprint density at radius 1 is 1.39 bits per heavy atom. The minimum atomic E-state index is -0.189. The maximum Gasteiger partial charge on any atom is 0.145 e. The summed E-state index contributed by atoms with van der Waals surface area (Å²) in [5.74, 6) is 0.742. The van der Waals surface area contributed by atoms with Crippen molar-refractivity contribution in [3.63, 3.8) is 0 Å². The normalized spacial score (nSPS) is 30.7. The first-order chi connectivity index (χ1) is 10.8. The number of hydrogen-bond donors (Lipinski definition) is 2. The molecule has 5 heteroatoms. The van der Waals surface area contributed by atoms with Gasteiger partial charge in [-0.2, -0.15) is 10.2 Å². The maximum atomic E-state index is 10.1. The van der Waals surface area contributed by atoms with Crippen molar-refractivity contribution in [3.05, 3.63) is 23.0 Å². The van der Waals surface area contributed by atoms with Gasteiger partial charge in [0.05, 0.1) is 18.5 Å². The zero-order valence-corrected chi connectivity index (χ0v) is 14.3. The van der Waals surface area contributed by atoms with Crippen molar-refractivity contribution in [2.75, 3.05) is 0 Å². The molecule has 1 heterocycles. The topological polar surface area (TPSA) is 78.1 Å². The van der Waals surface area contributed by atoms with Crippen LogP contribution in [-0.2, 0) is 6.61 Å². The standard InChI is InChI=1S/C18H25N3O2/c1-11-16(23)14(12(10-22)8-19-11)9-20-21-15-7-13-5-6-18(15,4)17(13,2)3/h8-9,13,22-23H,5-7,10H2,1-4H3/t13-,18-/m1/s1. The molecule has 0 unspecified atom stereocenters. The molecule has 2 bridgehead atoms. The van der Waals surface area contributed by atoms with Crippen LogP contribution in [0.4, 0.5) is 0 Å². The Morgan fingerprint density at radius 2 is 2.13 bits per heavy atom. The molecular weight excluding hydrogens is 290 g/mol. The van der Waals surface area contributed by atoms with E-state index >= 15 is 0 Å². The van der Waals surface area contributed by atoms with E-state index in [0.717, 1.165) is 12.1 Å². The van der Waals surface area contributed by atoms with E-state index in [-0.39, 0.29) is 23.2 Å². The Kier molecular flexibility index (Phi) is 3.79. The number of rotatable bonds is 3. The third-order valence-corrected chi connectivity index (χ3v) is 6.41. The average Bonchev–Trinajstić information content (AvgIpc) is 2.85. The molecule has 2 aliphatic carbocycles. The highest BCUT2D eigenvalue weighted by Crippen LogP contribution is 2.63. The minimum absolute atomic E-state index is 0.0555. The summed E-state index contributed by atoms with van der Waals surface area (Å²) in [4.78, 5) is 4.05. The monoisotopic (exact) mass is 315 g/mol. The molecule has 0 radical (unpaired) electrons. The highest BCUT2D eigenvalue weighted by atomic mass is 16.3. The van der Waals surface area contributed by atoms with E-state index in [2.05, 4.69) is 36.0 Å². The second-order valence-corrected chi connectivity index (χ2v) is 7.57. The molecule has 0 aliphatic heterocycles. The van der Waals surface area contributed by atoms with Crippen LogP contribution in [0, 0.1) is 23.7 Å². The van der Waals surface area contributed by atoms with Gasteiger partial charge in [-0.25, -0.2) is 0 Å². The van der Waals surface area contributed by atoms with Gasteiger partial charge in [-0.3, -0.25) is 4.98 Å². The van der Waals surface area contributed by atoms with E-state index in [1.807, 2.05) is 0 Å². The first-order valence-electron chi connectivity index (χ1n) is 8.20. The maximum absolute atomic E-state index is 10.1. The van der Waals surface area contributed by atoms with Crippen molar-refractivity contribution in [1.82, 2.24) is 4.98 Å². The predicted octanol–water partition coefficient (Wildman–Crippen LogP) is 3.21. The quantitative estimate of drug-likeness (QED) is 0.664. The Morgan fingerprint density at radius 3 is 2.70 bits per heavy atom. The van der Waals surface area contributed by atoms with Crippen LogP contribution in [0.25, 0.3) is 0 Å². The Hall–Kier alpha value is -1.75. The molecule has 1 aromatic rings. The lowest BCUT2D eigenvalue weighted by Gasteiger charge is -2.34. The highest BCUT2D eigenvalue weighted by Gasteiger charge is 2.59. The molecule has 2 atom stereocenters. The first-order valence-corrected chi connectivity index (χ1v) is 8.20. The summed E-state index contributed by atoms with van der Waals surface area (Å²) >= 11 is 0. The number of aliphatic hydroxyl groups excluding tert-OH is 1. The van der Waals surface area contributed by atoms with Gasteiger partial charge in [-0.1, -0.05) is 20.8 Å². The van der Waals surface area contributed by atoms with Gasteiger partial charge in [0.15, 0.2) is 0 Å². The van der Waals surface area contributed by atoms with Crippen LogP contribution in [0.5, 0.6) is 5.75 Å². The Bertz CT molecular complexity index is 694. The van der Waals surface area contributed by atoms with Gasteiger partial charge in [0.25, 0.3) is 0 Å². The smallest absolute Gasteiger partial charge is 0.145 e. The van der Waals surface area contributed by atoms with Crippen LogP contribution in [0.3, 0.4) is 0 Å². The molecule has 2 aliphatic rings. The molecule has 2 saturated carbocycles. The Balaban J connectivity index is 1.90. The summed E-state index contributed by atoms with van der Waals surface area (Å²) < 4.78 is 0. The van der Waals surface area contributed by atoms with Gasteiger partial charge in [-0.05, 0) is 37.5 Å². The number of nitrogens with zero attached hydrogens (tertiary/aromatic N) is 3. The van der Waals surface area contributed by atoms with E-state index in [1.54, 1.807) is 13.1 Å². The summed E-state index contributed by atoms with van der Waals surface area (Å²) in [5, 5.41) is 28.2. The van der Waals surface area contributed by atoms with Gasteiger partial charge >= 0.3 is 0 Å². The van der Waals surface area contributed by atoms with Crippen LogP contribution in [0.15, 0.2) is 16.4 Å². The number of aromatic hydroxyl groups is 1. The van der Waals surface area contributed by atoms with Gasteiger partial charge in [-0.15, -0.1) is 0 Å². The molecule has 5 nitrogen and oxygen atoms in total. The predicted molar refractivity (Wildman–Crippen MR) is 90.8 cm³/mol. The van der Waals surface area contributed by atoms with Gasteiger partial charge in [0.2, 0.25) is 0 Å². The molecule has 0 saturated heterocycles. The fourth-order valence-electron chi connectivity index (χ4n) is 4.16. The van der Waals surface area contributed by atoms with Crippen molar-refractivity contribution in [3.8, 4) is 5.75 Å². The van der Waals surface area contributed by atoms with E-state index in [1.165, 1.54) is 19.1 Å². The van der Waals surface area contributed by atoms with Crippen LogP contribution in [0.2, 0.25) is 0 Å². The molecule has 3 rings (SSSR count). The van der Waals surface area contributed by atoms with E-state index < -0.39 is 0 Å². The zero-order chi connectivity index (χ0) is 16.8. The van der Waals surface area contributed by atoms with Crippen LogP contribution < -0.4 is 0 Å². The number of fused-ring (bicyclic) bond motifs is 2. The zero-order valence-electron chi connectivity index (χ0n) is 14.3. The lowest BCUT2D eigenvalue weighted by molar-refractivity contribution is 0.194. The minimum Gasteiger partial charge on any atom is -0.505 e. The van der Waals surface area contributed by atoms with Crippen molar-refractivity contribution in [1.29, 1.82) is 0 Å². The second-order valence-electron chi connectivity index (χ2n) is 7.57. The van der Waals surface area contributed by atoms with Crippen molar-refractivity contribution in [2.24, 2.45) is 27.0 Å². The van der Waals surface area contributed by atoms with Gasteiger partial charge in [0, 0.05) is 28.5 Å². The van der Waals surface area contributed by atoms with Crippen molar-refractivity contribution >= 4 is 11.9 Å². The number of hydrogen-bond acceptors (Lipinski definition) is 5. The summed E-state index contributed by atoms with van der Waals surface area (Å²) in [6.07, 6.45) is 6.54. The number of pyridine rings is 1. The van der Waals surface area contributed by atoms with Crippen molar-refractivity contribution in [2.45, 2.75) is 53.6 Å². The first kappa shape index (κ1) is 16.1. The van der Waals surface area contributed by atoms with Crippen LogP contribution >= 0.6 is 0 Å². The molecular formula is C18H25N3O2.